The number of esters is 1. The largest absolute Gasteiger partial charge is 0.505 e. The van der Waals surface area contributed by atoms with Crippen molar-refractivity contribution >= 4 is 37.6 Å². The fourth-order valence-electron chi connectivity index (χ4n) is 3.28. The van der Waals surface area contributed by atoms with Gasteiger partial charge in [-0.1, -0.05) is 6.07 Å². The fraction of sp³-hybridized carbons (Fsp3) is 0.0952. The summed E-state index contributed by atoms with van der Waals surface area (Å²) in [5.74, 6) is -1.77. The Hall–Kier alpha value is -3.63. The van der Waals surface area contributed by atoms with Crippen LogP contribution in [-0.2, 0) is 27.5 Å². The summed E-state index contributed by atoms with van der Waals surface area (Å²) in [7, 11) is -4.84. The van der Waals surface area contributed by atoms with Gasteiger partial charge in [0.1, 0.15) is 17.3 Å². The lowest BCUT2D eigenvalue weighted by Crippen LogP contribution is -2.19. The van der Waals surface area contributed by atoms with Crippen LogP contribution >= 0.6 is 15.9 Å². The smallest absolute Gasteiger partial charge is 0.435 e. The van der Waals surface area contributed by atoms with Gasteiger partial charge in [-0.05, 0) is 57.4 Å². The number of halogens is 4. The normalized spacial score (nSPS) is 14.9. The number of nitrogens with one attached hydrogen (secondary N) is 1. The zero-order valence-corrected chi connectivity index (χ0v) is 19.0. The molecule has 4 rings (SSSR count). The van der Waals surface area contributed by atoms with E-state index < -0.39 is 44.2 Å². The molecule has 3 aromatic rings. The van der Waals surface area contributed by atoms with E-state index in [4.69, 9.17) is 4.74 Å². The van der Waals surface area contributed by atoms with Gasteiger partial charge in [0.25, 0.3) is 10.0 Å². The predicted molar refractivity (Wildman–Crippen MR) is 115 cm³/mol. The molecule has 174 valence electrons. The van der Waals surface area contributed by atoms with E-state index in [1.54, 1.807) is 0 Å². The highest BCUT2D eigenvalue weighted by molar-refractivity contribution is 9.10. The van der Waals surface area contributed by atoms with Gasteiger partial charge in [-0.3, -0.25) is 4.72 Å². The first-order chi connectivity index (χ1) is 15.9. The Balaban J connectivity index is 2.04. The molecular formula is C21H11BrF3N3O5S. The molecule has 0 aliphatic carbocycles. The van der Waals surface area contributed by atoms with Crippen molar-refractivity contribution in [1.29, 1.82) is 5.26 Å². The number of carbonyl (C=O) groups excluding carboxylic acids is 1. The first-order valence-corrected chi connectivity index (χ1v) is 11.5. The number of carbonyl (C=O) groups is 1. The zero-order chi connectivity index (χ0) is 24.8. The number of nitrogens with zero attached hydrogens (tertiary/aromatic N) is 2. The van der Waals surface area contributed by atoms with Crippen molar-refractivity contribution in [3.63, 3.8) is 0 Å². The number of anilines is 1. The molecule has 0 radical (unpaired) electrons. The van der Waals surface area contributed by atoms with E-state index in [0.29, 0.717) is 5.56 Å². The monoisotopic (exact) mass is 553 g/mol. The summed E-state index contributed by atoms with van der Waals surface area (Å²) in [6, 6.07) is 8.95. The summed E-state index contributed by atoms with van der Waals surface area (Å²) in [6.45, 7) is -0.343. The molecule has 1 aliphatic rings. The SMILES string of the molecule is N#Cc1ccc2c(c1)-c1cnc(C(F)(F)F)c(c1)NS(=O)(=O)c1cc(cc(Br)c1O)C(=O)OC2. The number of phenols is 1. The topological polar surface area (TPSA) is 129 Å². The molecule has 0 amide bonds. The fourth-order valence-corrected chi connectivity index (χ4v) is 5.07. The third-order valence-corrected chi connectivity index (χ3v) is 6.85. The van der Waals surface area contributed by atoms with Crippen molar-refractivity contribution in [2.24, 2.45) is 0 Å². The van der Waals surface area contributed by atoms with Crippen LogP contribution in [0.25, 0.3) is 11.1 Å². The lowest BCUT2D eigenvalue weighted by atomic mass is 9.98. The van der Waals surface area contributed by atoms with Crippen LogP contribution in [0, 0.1) is 11.3 Å². The highest BCUT2D eigenvalue weighted by Gasteiger charge is 2.37. The number of cyclic esters (lactones) is 1. The molecule has 0 saturated carbocycles. The molecule has 0 fully saturated rings. The summed E-state index contributed by atoms with van der Waals surface area (Å²) < 4.78 is 73.8. The molecule has 13 heteroatoms. The molecular weight excluding hydrogens is 543 g/mol. The Kier molecular flexibility index (Phi) is 5.74. The van der Waals surface area contributed by atoms with Gasteiger partial charge in [0, 0.05) is 11.8 Å². The first kappa shape index (κ1) is 23.5. The van der Waals surface area contributed by atoms with Crippen molar-refractivity contribution in [1.82, 2.24) is 4.98 Å². The Morgan fingerprint density at radius 3 is 2.59 bits per heavy atom. The molecule has 2 N–H and O–H groups in total. The Morgan fingerprint density at radius 1 is 1.18 bits per heavy atom. The lowest BCUT2D eigenvalue weighted by molar-refractivity contribution is -0.140. The number of alkyl halides is 3. The molecule has 0 atom stereocenters. The van der Waals surface area contributed by atoms with Crippen LogP contribution < -0.4 is 4.72 Å². The van der Waals surface area contributed by atoms with E-state index in [1.165, 1.54) is 18.2 Å². The lowest BCUT2D eigenvalue weighted by Gasteiger charge is -2.17. The van der Waals surface area contributed by atoms with Gasteiger partial charge in [0.15, 0.2) is 5.69 Å². The number of rotatable bonds is 0. The van der Waals surface area contributed by atoms with Crippen LogP contribution in [0.3, 0.4) is 0 Å². The van der Waals surface area contributed by atoms with Crippen LogP contribution in [0.4, 0.5) is 18.9 Å². The Labute approximate surface area is 198 Å². The number of aromatic hydroxyl groups is 1. The van der Waals surface area contributed by atoms with Crippen LogP contribution in [0.5, 0.6) is 5.75 Å². The van der Waals surface area contributed by atoms with E-state index in [1.807, 2.05) is 10.8 Å². The van der Waals surface area contributed by atoms with Crippen molar-refractivity contribution in [3.05, 3.63) is 69.5 Å². The van der Waals surface area contributed by atoms with Crippen LogP contribution in [-0.4, -0.2) is 24.5 Å². The standard InChI is InChI=1S/C21H11BrF3N3O5S/c22-15-4-12-6-17(18(15)29)34(31,32)28-16-5-13(8-27-19(16)21(23,24)25)14-3-10(7-26)1-2-11(14)9-33-20(12)30/h1-6,8,28-29H,9H2. The van der Waals surface area contributed by atoms with Crippen molar-refractivity contribution < 1.29 is 36.2 Å². The minimum Gasteiger partial charge on any atom is -0.505 e. The maximum absolute atomic E-state index is 13.6. The third-order valence-electron chi connectivity index (χ3n) is 4.86. The van der Waals surface area contributed by atoms with Crippen LogP contribution in [0.1, 0.15) is 27.2 Å². The number of hydrogen-bond acceptors (Lipinski definition) is 7. The van der Waals surface area contributed by atoms with Crippen molar-refractivity contribution in [3.8, 4) is 22.9 Å². The van der Waals surface area contributed by atoms with E-state index >= 15 is 0 Å². The summed E-state index contributed by atoms with van der Waals surface area (Å²) in [4.78, 5) is 15.2. The highest BCUT2D eigenvalue weighted by Crippen LogP contribution is 2.39. The molecule has 0 spiro atoms. The molecule has 2 aromatic carbocycles. The minimum atomic E-state index is -5.02. The number of fused-ring (bicyclic) bond motifs is 6. The number of benzene rings is 2. The number of ether oxygens (including phenoxy) is 1. The Bertz CT molecular complexity index is 1500. The van der Waals surface area contributed by atoms with E-state index in [0.717, 1.165) is 24.4 Å². The number of pyridine rings is 1. The molecule has 0 unspecified atom stereocenters. The summed E-state index contributed by atoms with van der Waals surface area (Å²) in [5, 5.41) is 19.5. The number of hydrogen-bond donors (Lipinski definition) is 2. The average Bonchev–Trinajstić information content (AvgIpc) is 2.77. The summed E-state index contributed by atoms with van der Waals surface area (Å²) in [6.07, 6.45) is -4.15. The maximum atomic E-state index is 13.6. The maximum Gasteiger partial charge on any atom is 0.435 e. The second-order valence-corrected chi connectivity index (χ2v) is 9.59. The second-order valence-electron chi connectivity index (χ2n) is 7.09. The van der Waals surface area contributed by atoms with Gasteiger partial charge in [0.05, 0.1) is 27.4 Å². The Morgan fingerprint density at radius 2 is 1.91 bits per heavy atom. The van der Waals surface area contributed by atoms with E-state index in [9.17, 15) is 36.8 Å². The van der Waals surface area contributed by atoms with E-state index in [-0.39, 0.29) is 33.3 Å². The van der Waals surface area contributed by atoms with Crippen LogP contribution in [0.15, 0.2) is 52.0 Å². The van der Waals surface area contributed by atoms with Crippen molar-refractivity contribution in [2.75, 3.05) is 4.72 Å². The first-order valence-electron chi connectivity index (χ1n) is 9.24. The van der Waals surface area contributed by atoms with E-state index in [2.05, 4.69) is 20.9 Å². The number of phenolic OH excluding ortho intramolecular Hbond substituents is 1. The molecule has 8 nitrogen and oxygen atoms in total. The van der Waals surface area contributed by atoms with Gasteiger partial charge in [-0.2, -0.15) is 18.4 Å². The molecule has 34 heavy (non-hydrogen) atoms. The van der Waals surface area contributed by atoms with Gasteiger partial charge in [-0.15, -0.1) is 0 Å². The minimum absolute atomic E-state index is 0.0326. The molecule has 2 heterocycles. The van der Waals surface area contributed by atoms with Gasteiger partial charge in [-0.25, -0.2) is 18.2 Å². The van der Waals surface area contributed by atoms with Crippen molar-refractivity contribution in [2.45, 2.75) is 17.7 Å². The quantitative estimate of drug-likeness (QED) is 0.390. The predicted octanol–water partition coefficient (Wildman–Crippen LogP) is 4.58. The second kappa shape index (κ2) is 8.30. The van der Waals surface area contributed by atoms with Crippen LogP contribution in [0.2, 0.25) is 0 Å². The summed E-state index contributed by atoms with van der Waals surface area (Å²) >= 11 is 2.94. The third kappa shape index (κ3) is 4.29. The summed E-state index contributed by atoms with van der Waals surface area (Å²) in [5.41, 5.74) is -1.97. The highest BCUT2D eigenvalue weighted by atomic mass is 79.9. The molecule has 4 bridgehead atoms. The number of sulfonamides is 1. The van der Waals surface area contributed by atoms with Gasteiger partial charge >= 0.3 is 12.1 Å². The number of nitriles is 1. The molecule has 0 saturated heterocycles. The number of aromatic nitrogens is 1. The zero-order valence-electron chi connectivity index (χ0n) is 16.6. The van der Waals surface area contributed by atoms with Gasteiger partial charge < -0.3 is 9.84 Å². The molecule has 1 aromatic heterocycles. The van der Waals surface area contributed by atoms with Gasteiger partial charge in [0.2, 0.25) is 0 Å². The average molecular weight is 554 g/mol. The molecule has 1 aliphatic heterocycles.